The van der Waals surface area contributed by atoms with E-state index in [1.807, 2.05) is 0 Å². The number of ether oxygens (including phenoxy) is 2. The van der Waals surface area contributed by atoms with Crippen molar-refractivity contribution in [1.82, 2.24) is 10.2 Å². The Morgan fingerprint density at radius 3 is 2.75 bits per heavy atom. The maximum atomic E-state index is 11.7. The highest BCUT2D eigenvalue weighted by Crippen LogP contribution is 2.11. The number of rotatable bonds is 4. The van der Waals surface area contributed by atoms with E-state index < -0.39 is 0 Å². The zero-order valence-corrected chi connectivity index (χ0v) is 9.61. The van der Waals surface area contributed by atoms with E-state index in [1.165, 1.54) is 0 Å². The molecule has 92 valence electrons. The van der Waals surface area contributed by atoms with Gasteiger partial charge in [0, 0.05) is 32.8 Å². The van der Waals surface area contributed by atoms with Gasteiger partial charge in [-0.15, -0.1) is 0 Å². The zero-order chi connectivity index (χ0) is 11.2. The van der Waals surface area contributed by atoms with Gasteiger partial charge in [0.05, 0.1) is 25.7 Å². The lowest BCUT2D eigenvalue weighted by Gasteiger charge is -2.26. The fourth-order valence-corrected chi connectivity index (χ4v) is 2.05. The molecular weight excluding hydrogens is 208 g/mol. The molecule has 16 heavy (non-hydrogen) atoms. The molecule has 0 aromatic rings. The summed E-state index contributed by atoms with van der Waals surface area (Å²) in [7, 11) is 0. The van der Waals surface area contributed by atoms with Crippen molar-refractivity contribution in [2.24, 2.45) is 5.92 Å². The van der Waals surface area contributed by atoms with Crippen LogP contribution in [0.15, 0.2) is 0 Å². The Hall–Kier alpha value is -0.650. The molecular formula is C11H20N2O3. The first-order chi connectivity index (χ1) is 7.86. The molecule has 5 heteroatoms. The van der Waals surface area contributed by atoms with E-state index in [2.05, 4.69) is 10.2 Å². The molecule has 0 radical (unpaired) electrons. The molecule has 2 heterocycles. The average molecular weight is 228 g/mol. The van der Waals surface area contributed by atoms with E-state index in [0.29, 0.717) is 6.61 Å². The van der Waals surface area contributed by atoms with Crippen molar-refractivity contribution in [2.75, 3.05) is 52.6 Å². The maximum absolute atomic E-state index is 11.7. The van der Waals surface area contributed by atoms with Gasteiger partial charge in [0.2, 0.25) is 5.91 Å². The van der Waals surface area contributed by atoms with Gasteiger partial charge in [0.25, 0.3) is 0 Å². The van der Waals surface area contributed by atoms with E-state index in [4.69, 9.17) is 9.47 Å². The van der Waals surface area contributed by atoms with Crippen LogP contribution in [0, 0.1) is 5.92 Å². The predicted octanol–water partition coefficient (Wildman–Crippen LogP) is -0.529. The predicted molar refractivity (Wildman–Crippen MR) is 59.2 cm³/mol. The second-order valence-electron chi connectivity index (χ2n) is 4.31. The van der Waals surface area contributed by atoms with Crippen LogP contribution in [0.3, 0.4) is 0 Å². The number of morpholine rings is 1. The molecule has 0 aromatic carbocycles. The normalized spacial score (nSPS) is 26.9. The molecule has 0 aromatic heterocycles. The van der Waals surface area contributed by atoms with Gasteiger partial charge in [0.15, 0.2) is 0 Å². The summed E-state index contributed by atoms with van der Waals surface area (Å²) in [6, 6.07) is 0. The summed E-state index contributed by atoms with van der Waals surface area (Å²) in [4.78, 5) is 14.0. The Bertz CT molecular complexity index is 223. The van der Waals surface area contributed by atoms with Crippen molar-refractivity contribution in [1.29, 1.82) is 0 Å². The zero-order valence-electron chi connectivity index (χ0n) is 9.61. The Morgan fingerprint density at radius 1 is 1.25 bits per heavy atom. The van der Waals surface area contributed by atoms with Crippen LogP contribution in [-0.4, -0.2) is 63.4 Å². The van der Waals surface area contributed by atoms with Gasteiger partial charge in [-0.1, -0.05) is 0 Å². The van der Waals surface area contributed by atoms with Crippen molar-refractivity contribution in [3.8, 4) is 0 Å². The molecule has 0 aliphatic carbocycles. The van der Waals surface area contributed by atoms with Crippen molar-refractivity contribution in [3.05, 3.63) is 0 Å². The van der Waals surface area contributed by atoms with Crippen molar-refractivity contribution >= 4 is 5.91 Å². The smallest absolute Gasteiger partial charge is 0.225 e. The fraction of sp³-hybridized carbons (Fsp3) is 0.909. The molecule has 1 atom stereocenters. The molecule has 5 nitrogen and oxygen atoms in total. The summed E-state index contributed by atoms with van der Waals surface area (Å²) in [5.41, 5.74) is 0. The van der Waals surface area contributed by atoms with Crippen molar-refractivity contribution in [2.45, 2.75) is 6.42 Å². The first-order valence-electron chi connectivity index (χ1n) is 6.02. The number of nitrogens with zero attached hydrogens (tertiary/aromatic N) is 1. The van der Waals surface area contributed by atoms with Gasteiger partial charge in [-0.05, 0) is 6.42 Å². The Morgan fingerprint density at radius 2 is 2.06 bits per heavy atom. The fourth-order valence-electron chi connectivity index (χ4n) is 2.05. The van der Waals surface area contributed by atoms with Crippen LogP contribution >= 0.6 is 0 Å². The standard InChI is InChI=1S/C11H20N2O3/c14-11(10-1-6-16-9-10)12-2-3-13-4-7-15-8-5-13/h10H,1-9H2,(H,12,14). The van der Waals surface area contributed by atoms with Crippen molar-refractivity contribution in [3.63, 3.8) is 0 Å². The van der Waals surface area contributed by atoms with E-state index in [1.54, 1.807) is 0 Å². The highest BCUT2D eigenvalue weighted by molar-refractivity contribution is 5.78. The van der Waals surface area contributed by atoms with Gasteiger partial charge >= 0.3 is 0 Å². The minimum Gasteiger partial charge on any atom is -0.381 e. The summed E-state index contributed by atoms with van der Waals surface area (Å²) >= 11 is 0. The van der Waals surface area contributed by atoms with Crippen LogP contribution in [-0.2, 0) is 14.3 Å². The van der Waals surface area contributed by atoms with Crippen LogP contribution in [0.25, 0.3) is 0 Å². The number of hydrogen-bond acceptors (Lipinski definition) is 4. The minimum absolute atomic E-state index is 0.0738. The third-order valence-corrected chi connectivity index (χ3v) is 3.13. The number of nitrogens with one attached hydrogen (secondary N) is 1. The first-order valence-corrected chi connectivity index (χ1v) is 6.02. The molecule has 1 N–H and O–H groups in total. The Kier molecular flexibility index (Phi) is 4.56. The largest absolute Gasteiger partial charge is 0.381 e. The minimum atomic E-state index is 0.0738. The topological polar surface area (TPSA) is 50.8 Å². The molecule has 0 saturated carbocycles. The first kappa shape index (κ1) is 11.8. The maximum Gasteiger partial charge on any atom is 0.225 e. The van der Waals surface area contributed by atoms with Crippen LogP contribution < -0.4 is 5.32 Å². The average Bonchev–Trinajstić information content (AvgIpc) is 2.84. The van der Waals surface area contributed by atoms with Crippen molar-refractivity contribution < 1.29 is 14.3 Å². The molecule has 0 spiro atoms. The van der Waals surface area contributed by atoms with Crippen LogP contribution in [0.2, 0.25) is 0 Å². The number of carbonyl (C=O) groups excluding carboxylic acids is 1. The highest BCUT2D eigenvalue weighted by Gasteiger charge is 2.23. The van der Waals surface area contributed by atoms with E-state index in [-0.39, 0.29) is 11.8 Å². The Balaban J connectivity index is 1.57. The molecule has 1 unspecified atom stereocenters. The molecule has 0 bridgehead atoms. The lowest BCUT2D eigenvalue weighted by molar-refractivity contribution is -0.125. The second kappa shape index (κ2) is 6.18. The molecule has 2 rings (SSSR count). The summed E-state index contributed by atoms with van der Waals surface area (Å²) in [5, 5.41) is 2.97. The van der Waals surface area contributed by atoms with Crippen LogP contribution in [0.1, 0.15) is 6.42 Å². The second-order valence-corrected chi connectivity index (χ2v) is 4.31. The highest BCUT2D eigenvalue weighted by atomic mass is 16.5. The van der Waals surface area contributed by atoms with E-state index in [9.17, 15) is 4.79 Å². The van der Waals surface area contributed by atoms with Gasteiger partial charge in [-0.25, -0.2) is 0 Å². The molecule has 1 amide bonds. The van der Waals surface area contributed by atoms with Crippen LogP contribution in [0.5, 0.6) is 0 Å². The summed E-state index contributed by atoms with van der Waals surface area (Å²) in [6.45, 7) is 6.53. The molecule has 2 aliphatic rings. The van der Waals surface area contributed by atoms with E-state index >= 15 is 0 Å². The van der Waals surface area contributed by atoms with Crippen LogP contribution in [0.4, 0.5) is 0 Å². The lowest BCUT2D eigenvalue weighted by Crippen LogP contribution is -2.42. The van der Waals surface area contributed by atoms with E-state index in [0.717, 1.165) is 52.4 Å². The third kappa shape index (κ3) is 3.43. The monoisotopic (exact) mass is 228 g/mol. The Labute approximate surface area is 96.1 Å². The van der Waals surface area contributed by atoms with Gasteiger partial charge in [-0.2, -0.15) is 0 Å². The molecule has 2 aliphatic heterocycles. The molecule has 2 saturated heterocycles. The number of carbonyl (C=O) groups is 1. The quantitative estimate of drug-likeness (QED) is 0.703. The number of hydrogen-bond donors (Lipinski definition) is 1. The summed E-state index contributed by atoms with van der Waals surface area (Å²) in [5.74, 6) is 0.218. The lowest BCUT2D eigenvalue weighted by atomic mass is 10.1. The summed E-state index contributed by atoms with van der Waals surface area (Å²) < 4.78 is 10.4. The van der Waals surface area contributed by atoms with Gasteiger partial charge in [0.1, 0.15) is 0 Å². The number of amides is 1. The third-order valence-electron chi connectivity index (χ3n) is 3.13. The SMILES string of the molecule is O=C(NCCN1CCOCC1)C1CCOC1. The van der Waals surface area contributed by atoms with Gasteiger partial charge in [-0.3, -0.25) is 9.69 Å². The summed E-state index contributed by atoms with van der Waals surface area (Å²) in [6.07, 6.45) is 0.864. The van der Waals surface area contributed by atoms with Gasteiger partial charge < -0.3 is 14.8 Å². The molecule has 2 fully saturated rings.